The van der Waals surface area contributed by atoms with Crippen molar-refractivity contribution in [3.05, 3.63) is 129 Å². The van der Waals surface area contributed by atoms with E-state index in [4.69, 9.17) is 0 Å². The standard InChI is InChI=1S/C32H28FN3O5/c1-20(21-8-12-26(13-9-21)36(40)41)34-31(37)24-11-15-30-23(18-24)5-4-16-35(30)19-25-17-22(10-14-29(25)33)27-6-2-3-7-28(27)32(38)39/h2-3,6-15,17-18,20H,4-5,16,19H2,1H3,(H,34,37)(H,38,39)/t20-/m0/s1. The molecule has 0 saturated heterocycles. The topological polar surface area (TPSA) is 113 Å². The number of nitro benzene ring substituents is 1. The van der Waals surface area contributed by atoms with E-state index in [1.807, 2.05) is 19.1 Å². The summed E-state index contributed by atoms with van der Waals surface area (Å²) in [4.78, 5) is 37.3. The molecule has 4 aromatic carbocycles. The first-order chi connectivity index (χ1) is 19.7. The van der Waals surface area contributed by atoms with Crippen molar-refractivity contribution >= 4 is 23.3 Å². The molecule has 0 saturated carbocycles. The highest BCUT2D eigenvalue weighted by Crippen LogP contribution is 2.32. The summed E-state index contributed by atoms with van der Waals surface area (Å²) in [5, 5.41) is 23.4. The van der Waals surface area contributed by atoms with Crippen LogP contribution in [0.25, 0.3) is 11.1 Å². The molecule has 0 spiro atoms. The summed E-state index contributed by atoms with van der Waals surface area (Å²) in [5.74, 6) is -1.67. The van der Waals surface area contributed by atoms with Gasteiger partial charge in [0, 0.05) is 42.0 Å². The minimum absolute atomic E-state index is 0.0109. The summed E-state index contributed by atoms with van der Waals surface area (Å²) in [7, 11) is 0. The zero-order chi connectivity index (χ0) is 29.1. The maximum Gasteiger partial charge on any atom is 0.336 e. The molecule has 1 amide bonds. The Balaban J connectivity index is 1.34. The Labute approximate surface area is 236 Å². The molecule has 4 aromatic rings. The molecule has 2 N–H and O–H groups in total. The quantitative estimate of drug-likeness (QED) is 0.189. The Bertz CT molecular complexity index is 1640. The fourth-order valence-corrected chi connectivity index (χ4v) is 5.22. The number of non-ortho nitro benzene ring substituents is 1. The Morgan fingerprint density at radius 1 is 1.05 bits per heavy atom. The largest absolute Gasteiger partial charge is 0.478 e. The van der Waals surface area contributed by atoms with Crippen molar-refractivity contribution in [2.75, 3.05) is 11.4 Å². The lowest BCUT2D eigenvalue weighted by molar-refractivity contribution is -0.384. The van der Waals surface area contributed by atoms with Gasteiger partial charge in [0.25, 0.3) is 11.6 Å². The average molecular weight is 554 g/mol. The van der Waals surface area contributed by atoms with Crippen LogP contribution in [0.3, 0.4) is 0 Å². The Morgan fingerprint density at radius 2 is 1.80 bits per heavy atom. The number of amides is 1. The van der Waals surface area contributed by atoms with Gasteiger partial charge in [-0.1, -0.05) is 36.4 Å². The number of hydrogen-bond acceptors (Lipinski definition) is 5. The van der Waals surface area contributed by atoms with Gasteiger partial charge < -0.3 is 15.3 Å². The van der Waals surface area contributed by atoms with Gasteiger partial charge in [-0.2, -0.15) is 0 Å². The van der Waals surface area contributed by atoms with Crippen LogP contribution in [0.5, 0.6) is 0 Å². The first-order valence-electron chi connectivity index (χ1n) is 13.3. The molecule has 1 atom stereocenters. The number of nitrogens with one attached hydrogen (secondary N) is 1. The maximum absolute atomic E-state index is 14.9. The summed E-state index contributed by atoms with van der Waals surface area (Å²) < 4.78 is 14.9. The van der Waals surface area contributed by atoms with Gasteiger partial charge in [0.2, 0.25) is 0 Å². The predicted octanol–water partition coefficient (Wildman–Crippen LogP) is 6.54. The molecule has 0 aliphatic carbocycles. The van der Waals surface area contributed by atoms with Gasteiger partial charge in [-0.25, -0.2) is 9.18 Å². The third kappa shape index (κ3) is 5.94. The number of aryl methyl sites for hydroxylation is 1. The molecule has 41 heavy (non-hydrogen) atoms. The second-order valence-corrected chi connectivity index (χ2v) is 10.1. The number of nitro groups is 1. The second kappa shape index (κ2) is 11.6. The van der Waals surface area contributed by atoms with E-state index in [2.05, 4.69) is 10.2 Å². The number of fused-ring (bicyclic) bond motifs is 1. The van der Waals surface area contributed by atoms with E-state index in [1.165, 1.54) is 24.3 Å². The first-order valence-corrected chi connectivity index (χ1v) is 13.3. The molecule has 0 aromatic heterocycles. The van der Waals surface area contributed by atoms with E-state index in [0.29, 0.717) is 35.3 Å². The number of carboxylic acid groups (broad SMARTS) is 1. The van der Waals surface area contributed by atoms with Gasteiger partial charge in [-0.15, -0.1) is 0 Å². The van der Waals surface area contributed by atoms with Gasteiger partial charge in [-0.05, 0) is 78.4 Å². The zero-order valence-electron chi connectivity index (χ0n) is 22.3. The minimum atomic E-state index is -1.04. The Morgan fingerprint density at radius 3 is 2.54 bits per heavy atom. The van der Waals surface area contributed by atoms with Crippen LogP contribution in [0.4, 0.5) is 15.8 Å². The van der Waals surface area contributed by atoms with Crippen LogP contribution in [0, 0.1) is 15.9 Å². The summed E-state index contributed by atoms with van der Waals surface area (Å²) in [5.41, 5.74) is 4.91. The van der Waals surface area contributed by atoms with Crippen molar-refractivity contribution in [3.63, 3.8) is 0 Å². The van der Waals surface area contributed by atoms with Crippen molar-refractivity contribution in [1.29, 1.82) is 0 Å². The van der Waals surface area contributed by atoms with E-state index >= 15 is 0 Å². The SMILES string of the molecule is C[C@H](NC(=O)c1ccc2c(c1)CCCN2Cc1cc(-c2ccccc2C(=O)O)ccc1F)c1ccc([N+](=O)[O-])cc1. The molecule has 0 bridgehead atoms. The van der Waals surface area contributed by atoms with E-state index in [0.717, 1.165) is 29.7 Å². The van der Waals surface area contributed by atoms with E-state index < -0.39 is 10.9 Å². The Hall–Kier alpha value is -5.05. The summed E-state index contributed by atoms with van der Waals surface area (Å²) in [6.07, 6.45) is 1.61. The van der Waals surface area contributed by atoms with E-state index in [1.54, 1.807) is 48.5 Å². The van der Waals surface area contributed by atoms with Crippen LogP contribution >= 0.6 is 0 Å². The fraction of sp³-hybridized carbons (Fsp3) is 0.188. The van der Waals surface area contributed by atoms with Crippen LogP contribution in [0.1, 0.15) is 56.8 Å². The number of nitrogens with zero attached hydrogens (tertiary/aromatic N) is 2. The van der Waals surface area contributed by atoms with Crippen molar-refractivity contribution in [1.82, 2.24) is 5.32 Å². The average Bonchev–Trinajstić information content (AvgIpc) is 2.98. The number of aromatic carboxylic acids is 1. The Kier molecular flexibility index (Phi) is 7.78. The molecule has 1 aliphatic heterocycles. The molecule has 1 heterocycles. The highest BCUT2D eigenvalue weighted by Gasteiger charge is 2.22. The fourth-order valence-electron chi connectivity index (χ4n) is 5.22. The van der Waals surface area contributed by atoms with Gasteiger partial charge in [0.15, 0.2) is 0 Å². The first kappa shape index (κ1) is 27.5. The minimum Gasteiger partial charge on any atom is -0.478 e. The predicted molar refractivity (Wildman–Crippen MR) is 154 cm³/mol. The van der Waals surface area contributed by atoms with Gasteiger partial charge in [0.05, 0.1) is 16.5 Å². The number of halogens is 1. The number of carbonyl (C=O) groups excluding carboxylic acids is 1. The number of carbonyl (C=O) groups is 2. The lowest BCUT2D eigenvalue weighted by Gasteiger charge is -2.32. The number of hydrogen-bond donors (Lipinski definition) is 2. The van der Waals surface area contributed by atoms with E-state index in [-0.39, 0.29) is 29.0 Å². The molecule has 0 radical (unpaired) electrons. The third-order valence-electron chi connectivity index (χ3n) is 7.38. The van der Waals surface area contributed by atoms with Crippen LogP contribution in [0.15, 0.2) is 84.9 Å². The molecule has 0 unspecified atom stereocenters. The monoisotopic (exact) mass is 553 g/mol. The smallest absolute Gasteiger partial charge is 0.336 e. The molecular weight excluding hydrogens is 525 g/mol. The summed E-state index contributed by atoms with van der Waals surface area (Å²) in [6.45, 7) is 2.83. The lowest BCUT2D eigenvalue weighted by Crippen LogP contribution is -2.30. The molecular formula is C32H28FN3O5. The number of benzene rings is 4. The summed E-state index contributed by atoms with van der Waals surface area (Å²) in [6, 6.07) is 22.5. The van der Waals surface area contributed by atoms with Crippen molar-refractivity contribution in [2.45, 2.75) is 32.4 Å². The number of carboxylic acids is 1. The highest BCUT2D eigenvalue weighted by molar-refractivity contribution is 5.96. The molecule has 0 fully saturated rings. The van der Waals surface area contributed by atoms with Crippen LogP contribution in [-0.4, -0.2) is 28.5 Å². The highest BCUT2D eigenvalue weighted by atomic mass is 19.1. The van der Waals surface area contributed by atoms with E-state index in [9.17, 15) is 29.2 Å². The maximum atomic E-state index is 14.9. The van der Waals surface area contributed by atoms with Gasteiger partial charge >= 0.3 is 5.97 Å². The van der Waals surface area contributed by atoms with Gasteiger partial charge in [-0.3, -0.25) is 14.9 Å². The molecule has 9 heteroatoms. The third-order valence-corrected chi connectivity index (χ3v) is 7.38. The zero-order valence-corrected chi connectivity index (χ0v) is 22.3. The van der Waals surface area contributed by atoms with Crippen LogP contribution < -0.4 is 10.2 Å². The van der Waals surface area contributed by atoms with Crippen molar-refractivity contribution in [3.8, 4) is 11.1 Å². The van der Waals surface area contributed by atoms with Crippen LogP contribution in [0.2, 0.25) is 0 Å². The number of anilines is 1. The van der Waals surface area contributed by atoms with Crippen LogP contribution in [-0.2, 0) is 13.0 Å². The van der Waals surface area contributed by atoms with Crippen molar-refractivity contribution in [2.24, 2.45) is 0 Å². The molecule has 208 valence electrons. The second-order valence-electron chi connectivity index (χ2n) is 10.1. The number of rotatable bonds is 8. The molecule has 8 nitrogen and oxygen atoms in total. The van der Waals surface area contributed by atoms with Gasteiger partial charge in [0.1, 0.15) is 5.82 Å². The normalized spacial score (nSPS) is 13.3. The van der Waals surface area contributed by atoms with Crippen molar-refractivity contribution < 1.29 is 24.0 Å². The molecule has 1 aliphatic rings. The molecule has 5 rings (SSSR count). The summed E-state index contributed by atoms with van der Waals surface area (Å²) >= 11 is 0. The lowest BCUT2D eigenvalue weighted by atomic mass is 9.96.